The van der Waals surface area contributed by atoms with Gasteiger partial charge in [-0.15, -0.1) is 0 Å². The van der Waals surface area contributed by atoms with Gasteiger partial charge in [0.25, 0.3) is 5.91 Å². The Hall–Kier alpha value is -1.49. The second kappa shape index (κ2) is 9.40. The molecule has 4 rings (SSSR count). The van der Waals surface area contributed by atoms with Gasteiger partial charge in [0, 0.05) is 24.7 Å². The minimum atomic E-state index is -3.66. The minimum Gasteiger partial charge on any atom is -0.347 e. The molecule has 3 fully saturated rings. The molecule has 1 aromatic rings. The standard InChI is InChI=1S/C22H33N3O5S2/c1-17-8-9-18(32(29,30)25-12-6-3-7-13-25)14-19(17)22(26)23-20-15-31(27,28)16-21(20)24-10-4-2-5-11-24/h8-9,14,20-21H,2-7,10-13,15-16H2,1H3,(H,23,26). The minimum absolute atomic E-state index is 0.0559. The molecule has 3 heterocycles. The maximum atomic E-state index is 13.2. The lowest BCUT2D eigenvalue weighted by molar-refractivity contribution is 0.0899. The lowest BCUT2D eigenvalue weighted by Gasteiger charge is -2.35. The number of nitrogens with one attached hydrogen (secondary N) is 1. The Labute approximate surface area is 191 Å². The topological polar surface area (TPSA) is 104 Å². The van der Waals surface area contributed by atoms with E-state index in [0.717, 1.165) is 51.6 Å². The van der Waals surface area contributed by atoms with Crippen molar-refractivity contribution in [2.45, 2.75) is 62.4 Å². The van der Waals surface area contributed by atoms with Crippen molar-refractivity contribution in [3.05, 3.63) is 29.3 Å². The van der Waals surface area contributed by atoms with Crippen molar-refractivity contribution < 1.29 is 21.6 Å². The van der Waals surface area contributed by atoms with Gasteiger partial charge in [0.1, 0.15) is 0 Å². The van der Waals surface area contributed by atoms with Gasteiger partial charge in [-0.1, -0.05) is 18.9 Å². The summed E-state index contributed by atoms with van der Waals surface area (Å²) in [5.74, 6) is -0.437. The van der Waals surface area contributed by atoms with Crippen molar-refractivity contribution in [2.75, 3.05) is 37.7 Å². The van der Waals surface area contributed by atoms with E-state index in [1.165, 1.54) is 10.4 Å². The monoisotopic (exact) mass is 483 g/mol. The van der Waals surface area contributed by atoms with Crippen LogP contribution in [0, 0.1) is 6.92 Å². The highest BCUT2D eigenvalue weighted by Crippen LogP contribution is 2.25. The summed E-state index contributed by atoms with van der Waals surface area (Å²) in [4.78, 5) is 15.5. The van der Waals surface area contributed by atoms with Crippen LogP contribution >= 0.6 is 0 Å². The highest BCUT2D eigenvalue weighted by atomic mass is 32.2. The first-order chi connectivity index (χ1) is 15.2. The number of piperidine rings is 2. The number of carbonyl (C=O) groups is 1. The zero-order valence-corrected chi connectivity index (χ0v) is 20.3. The molecule has 3 saturated heterocycles. The van der Waals surface area contributed by atoms with Crippen molar-refractivity contribution in [1.29, 1.82) is 0 Å². The third-order valence-corrected chi connectivity index (χ3v) is 10.5. The maximum absolute atomic E-state index is 13.2. The predicted molar refractivity (Wildman–Crippen MR) is 123 cm³/mol. The Morgan fingerprint density at radius 1 is 0.969 bits per heavy atom. The van der Waals surface area contributed by atoms with E-state index in [2.05, 4.69) is 10.2 Å². The van der Waals surface area contributed by atoms with Crippen LogP contribution in [0.15, 0.2) is 23.1 Å². The van der Waals surface area contributed by atoms with Crippen LogP contribution in [0.25, 0.3) is 0 Å². The van der Waals surface area contributed by atoms with Crippen LogP contribution in [-0.4, -0.2) is 81.7 Å². The highest BCUT2D eigenvalue weighted by Gasteiger charge is 2.42. The van der Waals surface area contributed by atoms with Gasteiger partial charge >= 0.3 is 0 Å². The first-order valence-electron chi connectivity index (χ1n) is 11.5. The van der Waals surface area contributed by atoms with Crippen molar-refractivity contribution in [1.82, 2.24) is 14.5 Å². The van der Waals surface area contributed by atoms with Gasteiger partial charge in [0.05, 0.1) is 22.4 Å². The number of hydrogen-bond donors (Lipinski definition) is 1. The number of hydrogen-bond acceptors (Lipinski definition) is 6. The number of carbonyl (C=O) groups excluding carboxylic acids is 1. The van der Waals surface area contributed by atoms with Crippen LogP contribution in [0.1, 0.15) is 54.4 Å². The summed E-state index contributed by atoms with van der Waals surface area (Å²) >= 11 is 0. The Morgan fingerprint density at radius 3 is 2.25 bits per heavy atom. The first-order valence-corrected chi connectivity index (χ1v) is 14.8. The first kappa shape index (κ1) is 23.7. The fourth-order valence-electron chi connectivity index (χ4n) is 5.08. The van der Waals surface area contributed by atoms with Gasteiger partial charge in [0.15, 0.2) is 9.84 Å². The van der Waals surface area contributed by atoms with Crippen LogP contribution in [0.2, 0.25) is 0 Å². The van der Waals surface area contributed by atoms with Gasteiger partial charge in [-0.05, 0) is 63.4 Å². The molecule has 0 aliphatic carbocycles. The average molecular weight is 484 g/mol. The van der Waals surface area contributed by atoms with E-state index in [4.69, 9.17) is 0 Å². The molecule has 2 atom stereocenters. The molecule has 0 radical (unpaired) electrons. The molecule has 0 bridgehead atoms. The maximum Gasteiger partial charge on any atom is 0.251 e. The normalized spacial score (nSPS) is 27.3. The summed E-state index contributed by atoms with van der Waals surface area (Å²) in [5, 5.41) is 2.93. The van der Waals surface area contributed by atoms with E-state index >= 15 is 0 Å². The zero-order valence-electron chi connectivity index (χ0n) is 18.6. The fourth-order valence-corrected chi connectivity index (χ4v) is 8.58. The fraction of sp³-hybridized carbons (Fsp3) is 0.682. The molecule has 1 aromatic carbocycles. The quantitative estimate of drug-likeness (QED) is 0.682. The largest absolute Gasteiger partial charge is 0.347 e. The number of nitrogens with zero attached hydrogens (tertiary/aromatic N) is 2. The van der Waals surface area contributed by atoms with E-state index < -0.39 is 31.8 Å². The molecule has 178 valence electrons. The molecule has 3 aliphatic rings. The Kier molecular flexibility index (Phi) is 6.95. The molecule has 1 amide bonds. The second-order valence-corrected chi connectivity index (χ2v) is 13.4. The Balaban J connectivity index is 1.55. The molecule has 0 spiro atoms. The molecule has 3 aliphatic heterocycles. The summed E-state index contributed by atoms with van der Waals surface area (Å²) in [5.41, 5.74) is 0.945. The van der Waals surface area contributed by atoms with Crippen LogP contribution in [0.3, 0.4) is 0 Å². The molecule has 0 saturated carbocycles. The highest BCUT2D eigenvalue weighted by molar-refractivity contribution is 7.91. The van der Waals surface area contributed by atoms with Crippen molar-refractivity contribution in [2.24, 2.45) is 0 Å². The Bertz CT molecular complexity index is 1060. The summed E-state index contributed by atoms with van der Waals surface area (Å²) in [6.07, 6.45) is 5.92. The number of sulfonamides is 1. The summed E-state index contributed by atoms with van der Waals surface area (Å²) in [6.45, 7) is 4.44. The molecule has 0 aromatic heterocycles. The van der Waals surface area contributed by atoms with Crippen LogP contribution < -0.4 is 5.32 Å². The molecule has 8 nitrogen and oxygen atoms in total. The average Bonchev–Trinajstić information content (AvgIpc) is 3.09. The third kappa shape index (κ3) is 5.03. The zero-order chi connectivity index (χ0) is 22.9. The van der Waals surface area contributed by atoms with Gasteiger partial charge in [-0.25, -0.2) is 16.8 Å². The lowest BCUT2D eigenvalue weighted by Crippen LogP contribution is -2.52. The SMILES string of the molecule is Cc1ccc(S(=O)(=O)N2CCCCC2)cc1C(=O)NC1CS(=O)(=O)CC1N1CCCCC1. The molecule has 2 unspecified atom stereocenters. The Morgan fingerprint density at radius 2 is 1.59 bits per heavy atom. The second-order valence-electron chi connectivity index (χ2n) is 9.26. The van der Waals surface area contributed by atoms with Crippen LogP contribution in [-0.2, 0) is 19.9 Å². The summed E-state index contributed by atoms with van der Waals surface area (Å²) < 4.78 is 52.4. The van der Waals surface area contributed by atoms with Crippen LogP contribution in [0.5, 0.6) is 0 Å². The van der Waals surface area contributed by atoms with Crippen molar-refractivity contribution in [3.8, 4) is 0 Å². The van der Waals surface area contributed by atoms with Gasteiger partial charge in [-0.3, -0.25) is 9.69 Å². The number of rotatable bonds is 5. The molecule has 1 N–H and O–H groups in total. The number of aryl methyl sites for hydroxylation is 1. The van der Waals surface area contributed by atoms with Crippen molar-refractivity contribution >= 4 is 25.8 Å². The van der Waals surface area contributed by atoms with E-state index in [1.54, 1.807) is 19.1 Å². The smallest absolute Gasteiger partial charge is 0.251 e. The third-order valence-electron chi connectivity index (χ3n) is 6.91. The number of amides is 1. The molecular formula is C22H33N3O5S2. The van der Waals surface area contributed by atoms with Crippen molar-refractivity contribution in [3.63, 3.8) is 0 Å². The van der Waals surface area contributed by atoms with E-state index in [9.17, 15) is 21.6 Å². The lowest BCUT2D eigenvalue weighted by atomic mass is 10.0. The van der Waals surface area contributed by atoms with E-state index in [1.807, 2.05) is 0 Å². The predicted octanol–water partition coefficient (Wildman–Crippen LogP) is 1.55. The molecule has 32 heavy (non-hydrogen) atoms. The van der Waals surface area contributed by atoms with E-state index in [-0.39, 0.29) is 28.0 Å². The van der Waals surface area contributed by atoms with Gasteiger partial charge in [0.2, 0.25) is 10.0 Å². The van der Waals surface area contributed by atoms with Crippen LogP contribution in [0.4, 0.5) is 0 Å². The van der Waals surface area contributed by atoms with Gasteiger partial charge in [-0.2, -0.15) is 4.31 Å². The van der Waals surface area contributed by atoms with Gasteiger partial charge < -0.3 is 5.32 Å². The number of sulfone groups is 1. The number of benzene rings is 1. The molecule has 10 heteroatoms. The van der Waals surface area contributed by atoms with E-state index in [0.29, 0.717) is 18.7 Å². The summed E-state index contributed by atoms with van der Waals surface area (Å²) in [7, 11) is -6.90. The number of likely N-dealkylation sites (tertiary alicyclic amines) is 1. The summed E-state index contributed by atoms with van der Waals surface area (Å²) in [6, 6.07) is 3.91. The molecular weight excluding hydrogens is 450 g/mol.